The second-order valence-corrected chi connectivity index (χ2v) is 8.44. The van der Waals surface area contributed by atoms with Gasteiger partial charge in [0.25, 0.3) is 0 Å². The molecule has 0 aromatic carbocycles. The van der Waals surface area contributed by atoms with Crippen molar-refractivity contribution in [2.75, 3.05) is 5.75 Å². The van der Waals surface area contributed by atoms with Crippen LogP contribution in [0, 0.1) is 19.8 Å². The predicted molar refractivity (Wildman–Crippen MR) is 89.4 cm³/mol. The number of carbonyl (C=O) groups excluding carboxylic acids is 1. The van der Waals surface area contributed by atoms with Crippen LogP contribution in [-0.2, 0) is 28.2 Å². The van der Waals surface area contributed by atoms with Crippen molar-refractivity contribution in [2.24, 2.45) is 13.0 Å². The Morgan fingerprint density at radius 3 is 2.52 bits per heavy atom. The number of hydrogen-bond acceptors (Lipinski definition) is 4. The summed E-state index contributed by atoms with van der Waals surface area (Å²) in [4.78, 5) is 14.5. The second-order valence-electron chi connectivity index (χ2n) is 6.51. The molecule has 0 bridgehead atoms. The number of allylic oxidation sites excluding steroid dienone is 1. The van der Waals surface area contributed by atoms with Crippen molar-refractivity contribution in [3.63, 3.8) is 0 Å². The third-order valence-corrected chi connectivity index (χ3v) is 5.84. The van der Waals surface area contributed by atoms with Gasteiger partial charge in [0.2, 0.25) is 5.91 Å². The molecule has 0 radical (unpaired) electrons. The predicted octanol–water partition coefficient (Wildman–Crippen LogP) is 1.72. The average Bonchev–Trinajstić information content (AvgIpc) is 2.87. The number of aromatic nitrogens is 2. The van der Waals surface area contributed by atoms with Crippen LogP contribution >= 0.6 is 0 Å². The summed E-state index contributed by atoms with van der Waals surface area (Å²) in [5.74, 6) is -0.199. The van der Waals surface area contributed by atoms with E-state index in [1.807, 2.05) is 39.4 Å². The van der Waals surface area contributed by atoms with E-state index in [4.69, 9.17) is 0 Å². The number of carbonyl (C=O) groups is 1. The summed E-state index contributed by atoms with van der Waals surface area (Å²) in [6, 6.07) is 0.0449. The maximum Gasteiger partial charge on any atom is 0.223 e. The highest BCUT2D eigenvalue weighted by atomic mass is 32.2. The van der Waals surface area contributed by atoms with Crippen LogP contribution in [0.1, 0.15) is 37.2 Å². The van der Waals surface area contributed by atoms with E-state index < -0.39 is 9.84 Å². The smallest absolute Gasteiger partial charge is 0.223 e. The molecule has 0 spiro atoms. The Bertz CT molecular complexity index is 732. The van der Waals surface area contributed by atoms with E-state index in [1.54, 1.807) is 11.0 Å². The zero-order valence-corrected chi connectivity index (χ0v) is 15.2. The molecule has 2 heterocycles. The highest BCUT2D eigenvalue weighted by Crippen LogP contribution is 2.22. The monoisotopic (exact) mass is 339 g/mol. The number of sulfone groups is 1. The highest BCUT2D eigenvalue weighted by Gasteiger charge is 2.27. The van der Waals surface area contributed by atoms with Crippen LogP contribution in [-0.4, -0.2) is 40.8 Å². The lowest BCUT2D eigenvalue weighted by molar-refractivity contribution is -0.134. The van der Waals surface area contributed by atoms with E-state index in [0.29, 0.717) is 6.54 Å². The molecule has 0 unspecified atom stereocenters. The molecule has 1 amide bonds. The summed E-state index contributed by atoms with van der Waals surface area (Å²) < 4.78 is 24.8. The van der Waals surface area contributed by atoms with Crippen molar-refractivity contribution in [3.05, 3.63) is 28.4 Å². The quantitative estimate of drug-likeness (QED) is 0.819. The van der Waals surface area contributed by atoms with Gasteiger partial charge < -0.3 is 4.90 Å². The summed E-state index contributed by atoms with van der Waals surface area (Å²) >= 11 is 0. The molecule has 6 nitrogen and oxygen atoms in total. The fraction of sp³-hybridized carbons (Fsp3) is 0.625. The molecule has 1 atom stereocenters. The molecular formula is C16H25N3O3S. The molecule has 0 fully saturated rings. The van der Waals surface area contributed by atoms with E-state index >= 15 is 0 Å². The molecule has 1 aliphatic heterocycles. The Hall–Kier alpha value is -1.63. The summed E-state index contributed by atoms with van der Waals surface area (Å²) in [6.45, 7) is 8.38. The van der Waals surface area contributed by atoms with Gasteiger partial charge in [0, 0.05) is 48.6 Å². The van der Waals surface area contributed by atoms with Gasteiger partial charge in [-0.3, -0.25) is 9.48 Å². The molecule has 2 rings (SSSR count). The van der Waals surface area contributed by atoms with Gasteiger partial charge in [-0.1, -0.05) is 6.08 Å². The van der Waals surface area contributed by atoms with Gasteiger partial charge in [-0.2, -0.15) is 5.10 Å². The summed E-state index contributed by atoms with van der Waals surface area (Å²) in [5, 5.41) is 5.62. The summed E-state index contributed by atoms with van der Waals surface area (Å²) in [7, 11) is -1.23. The van der Waals surface area contributed by atoms with Gasteiger partial charge in [-0.05, 0) is 27.7 Å². The van der Waals surface area contributed by atoms with Crippen LogP contribution in [0.25, 0.3) is 0 Å². The number of aryl methyl sites for hydroxylation is 2. The molecule has 23 heavy (non-hydrogen) atoms. The third kappa shape index (κ3) is 4.02. The van der Waals surface area contributed by atoms with Gasteiger partial charge in [0.05, 0.1) is 11.4 Å². The van der Waals surface area contributed by atoms with Crippen LogP contribution in [0.15, 0.2) is 11.5 Å². The zero-order valence-electron chi connectivity index (χ0n) is 14.4. The van der Waals surface area contributed by atoms with Crippen LogP contribution in [0.3, 0.4) is 0 Å². The Morgan fingerprint density at radius 2 is 2.09 bits per heavy atom. The normalized spacial score (nSPS) is 19.5. The largest absolute Gasteiger partial charge is 0.336 e. The molecule has 1 aromatic heterocycles. The first-order valence-electron chi connectivity index (χ1n) is 7.80. The second kappa shape index (κ2) is 6.47. The van der Waals surface area contributed by atoms with Crippen molar-refractivity contribution in [2.45, 2.75) is 46.7 Å². The topological polar surface area (TPSA) is 72.3 Å². The molecule has 0 aliphatic carbocycles. The van der Waals surface area contributed by atoms with Crippen molar-refractivity contribution in [1.82, 2.24) is 14.7 Å². The lowest BCUT2D eigenvalue weighted by Crippen LogP contribution is -2.37. The maximum atomic E-state index is 12.7. The number of hydrogen-bond donors (Lipinski definition) is 0. The molecule has 7 heteroatoms. The molecular weight excluding hydrogens is 314 g/mol. The maximum absolute atomic E-state index is 12.7. The van der Waals surface area contributed by atoms with Crippen LogP contribution in [0.5, 0.6) is 0 Å². The van der Waals surface area contributed by atoms with E-state index in [0.717, 1.165) is 17.0 Å². The number of amides is 1. The van der Waals surface area contributed by atoms with Crippen LogP contribution in [0.4, 0.5) is 0 Å². The summed E-state index contributed by atoms with van der Waals surface area (Å²) in [5.41, 5.74) is 3.03. The lowest BCUT2D eigenvalue weighted by Gasteiger charge is -2.28. The van der Waals surface area contributed by atoms with Gasteiger partial charge in [-0.15, -0.1) is 0 Å². The van der Waals surface area contributed by atoms with Gasteiger partial charge in [0.1, 0.15) is 0 Å². The first kappa shape index (κ1) is 17.7. The van der Waals surface area contributed by atoms with E-state index in [2.05, 4.69) is 5.10 Å². The average molecular weight is 339 g/mol. The highest BCUT2D eigenvalue weighted by molar-refractivity contribution is 7.94. The molecule has 0 saturated carbocycles. The van der Waals surface area contributed by atoms with Crippen molar-refractivity contribution in [1.29, 1.82) is 0 Å². The minimum atomic E-state index is -3.12. The van der Waals surface area contributed by atoms with Crippen LogP contribution < -0.4 is 0 Å². The lowest BCUT2D eigenvalue weighted by atomic mass is 10.1. The van der Waals surface area contributed by atoms with E-state index in [9.17, 15) is 13.2 Å². The number of rotatable bonds is 5. The van der Waals surface area contributed by atoms with E-state index in [1.165, 1.54) is 5.41 Å². The van der Waals surface area contributed by atoms with Crippen molar-refractivity contribution in [3.8, 4) is 0 Å². The standard InChI is InChI=1S/C16H25N3O3S/c1-11(2)19(9-15-12(3)17-18(5)13(15)4)16(20)8-14-6-7-23(21,22)10-14/h6-7,11,14H,8-10H2,1-5H3/t14-/m0/s1. The number of nitrogens with zero attached hydrogens (tertiary/aromatic N) is 3. The Balaban J connectivity index is 2.12. The fourth-order valence-electron chi connectivity index (χ4n) is 2.88. The van der Waals surface area contributed by atoms with Gasteiger partial charge >= 0.3 is 0 Å². The SMILES string of the molecule is Cc1nn(C)c(C)c1CN(C(=O)C[C@@H]1C=CS(=O)(=O)C1)C(C)C. The van der Waals surface area contributed by atoms with Crippen molar-refractivity contribution < 1.29 is 13.2 Å². The molecule has 1 aliphatic rings. The van der Waals surface area contributed by atoms with Gasteiger partial charge in [0.15, 0.2) is 9.84 Å². The fourth-order valence-corrected chi connectivity index (χ4v) is 4.28. The molecule has 0 N–H and O–H groups in total. The third-order valence-electron chi connectivity index (χ3n) is 4.37. The molecule has 128 valence electrons. The Morgan fingerprint density at radius 1 is 1.43 bits per heavy atom. The van der Waals surface area contributed by atoms with Crippen LogP contribution in [0.2, 0.25) is 0 Å². The zero-order chi connectivity index (χ0) is 17.4. The Labute approximate surface area is 138 Å². The van der Waals surface area contributed by atoms with E-state index in [-0.39, 0.29) is 30.0 Å². The summed E-state index contributed by atoms with van der Waals surface area (Å²) in [6.07, 6.45) is 1.86. The molecule has 0 saturated heterocycles. The Kier molecular flexibility index (Phi) is 4.98. The minimum Gasteiger partial charge on any atom is -0.336 e. The first-order chi connectivity index (χ1) is 10.6. The molecule has 1 aromatic rings. The van der Waals surface area contributed by atoms with Crippen molar-refractivity contribution >= 4 is 15.7 Å². The van der Waals surface area contributed by atoms with Gasteiger partial charge in [-0.25, -0.2) is 8.42 Å². The first-order valence-corrected chi connectivity index (χ1v) is 9.51. The minimum absolute atomic E-state index is 0.0191.